The van der Waals surface area contributed by atoms with Crippen LogP contribution in [-0.2, 0) is 18.9 Å². The Hall–Kier alpha value is -3.75. The number of ether oxygens (including phenoxy) is 6. The number of phenolic OH excluding ortho intramolecular Hbond substituents is 2. The molecule has 15 atom stereocenters. The third kappa shape index (κ3) is 7.58. The van der Waals surface area contributed by atoms with Crippen LogP contribution in [-0.4, -0.2) is 178 Å². The number of aromatic hydroxyl groups is 2. The molecule has 13 N–H and O–H groups in total. The highest BCUT2D eigenvalue weighted by atomic mass is 16.7. The van der Waals surface area contributed by atoms with E-state index in [0.717, 1.165) is 12.1 Å². The number of aliphatic hydroxyl groups is 11. The Labute approximate surface area is 303 Å². The molecule has 298 valence electrons. The fourth-order valence-corrected chi connectivity index (χ4v) is 6.20. The van der Waals surface area contributed by atoms with Gasteiger partial charge in [-0.2, -0.15) is 0 Å². The first-order valence-electron chi connectivity index (χ1n) is 16.5. The molecule has 3 saturated heterocycles. The van der Waals surface area contributed by atoms with E-state index in [2.05, 4.69) is 0 Å². The molecule has 7 unspecified atom stereocenters. The largest absolute Gasteiger partial charge is 0.508 e. The van der Waals surface area contributed by atoms with Gasteiger partial charge in [0.1, 0.15) is 101 Å². The molecule has 3 aliphatic heterocycles. The van der Waals surface area contributed by atoms with Gasteiger partial charge in [0, 0.05) is 17.7 Å². The maximum Gasteiger partial charge on any atom is 0.239 e. The Balaban J connectivity index is 1.31. The van der Waals surface area contributed by atoms with E-state index in [1.165, 1.54) is 24.3 Å². The number of hydrogen-bond acceptors (Lipinski definition) is 21. The van der Waals surface area contributed by atoms with Gasteiger partial charge in [0.2, 0.25) is 23.8 Å². The molecule has 3 fully saturated rings. The Morgan fingerprint density at radius 3 is 1.67 bits per heavy atom. The molecule has 0 aliphatic carbocycles. The van der Waals surface area contributed by atoms with Crippen molar-refractivity contribution >= 4 is 11.0 Å². The minimum absolute atomic E-state index is 0.0925. The number of fused-ring (bicyclic) bond motifs is 1. The number of aliphatic hydroxyl groups excluding tert-OH is 11. The first kappa shape index (κ1) is 39.9. The van der Waals surface area contributed by atoms with Crippen LogP contribution in [0.25, 0.3) is 22.3 Å². The van der Waals surface area contributed by atoms with Gasteiger partial charge in [-0.1, -0.05) is 0 Å². The van der Waals surface area contributed by atoms with E-state index in [4.69, 9.17) is 32.8 Å². The number of hydrogen-bond donors (Lipinski definition) is 13. The molecule has 0 bridgehead atoms. The molecule has 3 aliphatic rings. The molecule has 0 radical (unpaired) electrons. The first-order valence-corrected chi connectivity index (χ1v) is 16.5. The minimum atomic E-state index is -2.03. The predicted octanol–water partition coefficient (Wildman–Crippen LogP) is -4.95. The van der Waals surface area contributed by atoms with Gasteiger partial charge in [-0.3, -0.25) is 4.79 Å². The summed E-state index contributed by atoms with van der Waals surface area (Å²) in [7, 11) is 0. The standard InChI is InChI=1S/C33H40O21/c34-7-15-19(38)23(42)26(45)31(51-15)48-9-17-21(40)25(44)28(47)33(53-17)54-30-22(41)18-13(37)5-12(49-32-27(46)24(43)20(39)16(8-35)52-32)6-14(18)50-29(30)10-1-3-11(36)4-2-10/h1-6,15-17,19-21,23-28,31-40,42-47H,7-9H2/t15?,16?,17?,19-,20+,21+,23+,24+,25?,26?,27?,28?,31-,32-,33+/m1/s1. The average Bonchev–Trinajstić information content (AvgIpc) is 3.15. The van der Waals surface area contributed by atoms with Crippen LogP contribution in [0.1, 0.15) is 0 Å². The zero-order chi connectivity index (χ0) is 39.2. The molecule has 1 aromatic heterocycles. The summed E-state index contributed by atoms with van der Waals surface area (Å²) in [4.78, 5) is 14.0. The fraction of sp³-hybridized carbons (Fsp3) is 0.545. The van der Waals surface area contributed by atoms with Crippen LogP contribution >= 0.6 is 0 Å². The minimum Gasteiger partial charge on any atom is -0.508 e. The summed E-state index contributed by atoms with van der Waals surface area (Å²) in [6.07, 6.45) is -26.0. The van der Waals surface area contributed by atoms with Crippen molar-refractivity contribution in [1.82, 2.24) is 0 Å². The van der Waals surface area contributed by atoms with Crippen molar-refractivity contribution in [2.45, 2.75) is 92.1 Å². The quantitative estimate of drug-likeness (QED) is 0.0918. The van der Waals surface area contributed by atoms with Gasteiger partial charge in [0.25, 0.3) is 0 Å². The molecule has 6 rings (SSSR count). The Kier molecular flexibility index (Phi) is 11.9. The van der Waals surface area contributed by atoms with Crippen LogP contribution in [0, 0.1) is 0 Å². The Morgan fingerprint density at radius 2 is 1.09 bits per heavy atom. The molecule has 21 heteroatoms. The van der Waals surface area contributed by atoms with E-state index in [0.29, 0.717) is 0 Å². The predicted molar refractivity (Wildman–Crippen MR) is 173 cm³/mol. The second kappa shape index (κ2) is 16.2. The van der Waals surface area contributed by atoms with E-state index in [-0.39, 0.29) is 28.4 Å². The molecule has 54 heavy (non-hydrogen) atoms. The summed E-state index contributed by atoms with van der Waals surface area (Å²) < 4.78 is 39.1. The topological polar surface area (TPSA) is 349 Å². The molecular weight excluding hydrogens is 732 g/mol. The average molecular weight is 773 g/mol. The fourth-order valence-electron chi connectivity index (χ4n) is 6.20. The SMILES string of the molecule is O=c1c(O[C@@H]2OC(CO[C@@H]3OC(CO)[C@@H](O)[C@H](O)C3O)[C@H](O)C(O)C2O)c(-c2ccc(O)cc2)oc2cc(O[C@@H]3OC(CO)[C@H](O)[C@H](O)C3O)cc(O)c12. The third-order valence-electron chi connectivity index (χ3n) is 9.31. The molecule has 2 aromatic carbocycles. The maximum absolute atomic E-state index is 14.0. The Bertz CT molecular complexity index is 1800. The van der Waals surface area contributed by atoms with E-state index < -0.39 is 134 Å². The van der Waals surface area contributed by atoms with Gasteiger partial charge in [0.05, 0.1) is 19.8 Å². The van der Waals surface area contributed by atoms with Gasteiger partial charge in [-0.25, -0.2) is 0 Å². The monoisotopic (exact) mass is 772 g/mol. The van der Waals surface area contributed by atoms with Crippen molar-refractivity contribution in [1.29, 1.82) is 0 Å². The maximum atomic E-state index is 14.0. The molecule has 0 saturated carbocycles. The van der Waals surface area contributed by atoms with Crippen molar-refractivity contribution in [3.8, 4) is 34.3 Å². The lowest BCUT2D eigenvalue weighted by molar-refractivity contribution is -0.323. The van der Waals surface area contributed by atoms with Crippen LogP contribution in [0.2, 0.25) is 0 Å². The van der Waals surface area contributed by atoms with Crippen molar-refractivity contribution in [2.24, 2.45) is 0 Å². The van der Waals surface area contributed by atoms with Crippen molar-refractivity contribution < 1.29 is 99.2 Å². The lowest BCUT2D eigenvalue weighted by atomic mass is 9.98. The third-order valence-corrected chi connectivity index (χ3v) is 9.31. The van der Waals surface area contributed by atoms with E-state index >= 15 is 0 Å². The lowest BCUT2D eigenvalue weighted by Gasteiger charge is -2.42. The van der Waals surface area contributed by atoms with Gasteiger partial charge in [-0.05, 0) is 24.3 Å². The molecular formula is C33H40O21. The van der Waals surface area contributed by atoms with Gasteiger partial charge >= 0.3 is 0 Å². The number of rotatable bonds is 10. The van der Waals surface area contributed by atoms with Crippen LogP contribution in [0.15, 0.2) is 45.6 Å². The van der Waals surface area contributed by atoms with Crippen LogP contribution in [0.4, 0.5) is 0 Å². The zero-order valence-corrected chi connectivity index (χ0v) is 27.8. The second-order valence-corrected chi connectivity index (χ2v) is 12.9. The molecule has 3 aromatic rings. The summed E-state index contributed by atoms with van der Waals surface area (Å²) in [5, 5.41) is 133. The smallest absolute Gasteiger partial charge is 0.239 e. The van der Waals surface area contributed by atoms with Crippen LogP contribution < -0.4 is 14.9 Å². The van der Waals surface area contributed by atoms with Gasteiger partial charge < -0.3 is 99.2 Å². The number of benzene rings is 2. The van der Waals surface area contributed by atoms with Crippen molar-refractivity contribution in [2.75, 3.05) is 19.8 Å². The van der Waals surface area contributed by atoms with Crippen molar-refractivity contribution in [3.05, 3.63) is 46.6 Å². The number of phenols is 2. The lowest BCUT2D eigenvalue weighted by Crippen LogP contribution is -2.62. The normalized spacial score (nSPS) is 37.3. The summed E-state index contributed by atoms with van der Waals surface area (Å²) in [6.45, 7) is -2.21. The van der Waals surface area contributed by atoms with E-state index in [1.54, 1.807) is 0 Å². The van der Waals surface area contributed by atoms with Crippen molar-refractivity contribution in [3.63, 3.8) is 0 Å². The summed E-state index contributed by atoms with van der Waals surface area (Å²) in [5.74, 6) is -2.30. The van der Waals surface area contributed by atoms with Crippen LogP contribution in [0.3, 0.4) is 0 Å². The molecule has 0 amide bonds. The summed E-state index contributed by atoms with van der Waals surface area (Å²) in [5.41, 5.74) is -1.32. The highest BCUT2D eigenvalue weighted by Gasteiger charge is 2.49. The highest BCUT2D eigenvalue weighted by molar-refractivity contribution is 5.88. The molecule has 21 nitrogen and oxygen atoms in total. The first-order chi connectivity index (χ1) is 25.6. The molecule has 4 heterocycles. The van der Waals surface area contributed by atoms with Gasteiger partial charge in [-0.15, -0.1) is 0 Å². The summed E-state index contributed by atoms with van der Waals surface area (Å²) in [6, 6.07) is 7.12. The van der Waals surface area contributed by atoms with E-state index in [9.17, 15) is 71.2 Å². The Morgan fingerprint density at radius 1 is 0.593 bits per heavy atom. The van der Waals surface area contributed by atoms with Gasteiger partial charge in [0.15, 0.2) is 12.1 Å². The van der Waals surface area contributed by atoms with E-state index in [1.807, 2.05) is 0 Å². The van der Waals surface area contributed by atoms with Crippen LogP contribution in [0.5, 0.6) is 23.0 Å². The second-order valence-electron chi connectivity index (χ2n) is 12.9. The zero-order valence-electron chi connectivity index (χ0n) is 27.8. The summed E-state index contributed by atoms with van der Waals surface area (Å²) >= 11 is 0. The molecule has 0 spiro atoms. The highest BCUT2D eigenvalue weighted by Crippen LogP contribution is 2.39.